The molecule has 0 radical (unpaired) electrons. The lowest BCUT2D eigenvalue weighted by Crippen LogP contribution is -2.50. The van der Waals surface area contributed by atoms with Crippen LogP contribution < -0.4 is 16.0 Å². The highest BCUT2D eigenvalue weighted by Gasteiger charge is 2.33. The van der Waals surface area contributed by atoms with Crippen molar-refractivity contribution in [2.75, 3.05) is 43.4 Å². The van der Waals surface area contributed by atoms with E-state index in [1.807, 2.05) is 31.2 Å². The Bertz CT molecular complexity index is 1480. The first-order valence-corrected chi connectivity index (χ1v) is 13.8. The number of fused-ring (bicyclic) bond motifs is 2. The summed E-state index contributed by atoms with van der Waals surface area (Å²) in [7, 11) is -3.79. The van der Waals surface area contributed by atoms with E-state index in [-0.39, 0.29) is 55.3 Å². The fourth-order valence-electron chi connectivity index (χ4n) is 4.45. The van der Waals surface area contributed by atoms with Crippen molar-refractivity contribution in [3.05, 3.63) is 53.6 Å². The van der Waals surface area contributed by atoms with Crippen molar-refractivity contribution < 1.29 is 22.8 Å². The van der Waals surface area contributed by atoms with Crippen molar-refractivity contribution >= 4 is 60.0 Å². The fraction of sp³-hybridized carbons (Fsp3) is 0.292. The summed E-state index contributed by atoms with van der Waals surface area (Å²) in [4.78, 5) is 39.1. The zero-order valence-corrected chi connectivity index (χ0v) is 21.2. The third kappa shape index (κ3) is 4.43. The quantitative estimate of drug-likeness (QED) is 0.470. The van der Waals surface area contributed by atoms with Crippen LogP contribution in [0.4, 0.5) is 15.5 Å². The lowest BCUT2D eigenvalue weighted by atomic mass is 10.1. The monoisotopic (exact) mass is 527 g/mol. The summed E-state index contributed by atoms with van der Waals surface area (Å²) in [5.41, 5.74) is 1.70. The van der Waals surface area contributed by atoms with Crippen molar-refractivity contribution in [1.82, 2.24) is 14.5 Å². The molecule has 3 aromatic rings. The molecule has 0 aliphatic carbocycles. The van der Waals surface area contributed by atoms with Crippen LogP contribution in [-0.2, 0) is 21.2 Å². The Morgan fingerprint density at radius 3 is 2.58 bits per heavy atom. The van der Waals surface area contributed by atoms with Crippen LogP contribution >= 0.6 is 11.3 Å². The van der Waals surface area contributed by atoms with Gasteiger partial charge in [-0.25, -0.2) is 13.2 Å². The SMILES string of the molecule is CCNC(=O)Nc1sc2ccccc2c1C(=O)N1CCN(S(=O)(=O)c2ccc3c(c2)NC(=O)C3)CC1. The Hall–Kier alpha value is -3.48. The van der Waals surface area contributed by atoms with Gasteiger partial charge in [0.05, 0.1) is 16.9 Å². The number of rotatable bonds is 5. The molecule has 0 unspecified atom stereocenters. The van der Waals surface area contributed by atoms with Crippen LogP contribution in [-0.4, -0.2) is 68.2 Å². The lowest BCUT2D eigenvalue weighted by molar-refractivity contribution is -0.115. The standard InChI is InChI=1S/C24H25N5O5S2/c1-2-25-24(32)27-22-21(17-5-3-4-6-19(17)35-22)23(31)28-9-11-29(12-10-28)36(33,34)16-8-7-15-13-20(30)26-18(15)14-16/h3-8,14H,2,9-13H2,1H3,(H,26,30)(H2,25,27,32). The fourth-order valence-corrected chi connectivity index (χ4v) is 6.98. The molecule has 0 spiro atoms. The topological polar surface area (TPSA) is 128 Å². The first-order valence-electron chi connectivity index (χ1n) is 11.6. The average Bonchev–Trinajstić information content (AvgIpc) is 3.42. The molecule has 5 rings (SSSR count). The Balaban J connectivity index is 1.34. The molecule has 188 valence electrons. The second-order valence-electron chi connectivity index (χ2n) is 8.53. The third-order valence-corrected chi connectivity index (χ3v) is 9.22. The van der Waals surface area contributed by atoms with E-state index in [0.717, 1.165) is 15.6 Å². The van der Waals surface area contributed by atoms with Gasteiger partial charge < -0.3 is 15.5 Å². The molecule has 3 heterocycles. The smallest absolute Gasteiger partial charge is 0.319 e. The minimum atomic E-state index is -3.79. The van der Waals surface area contributed by atoms with Crippen molar-refractivity contribution in [2.24, 2.45) is 0 Å². The number of nitrogens with zero attached hydrogens (tertiary/aromatic N) is 2. The lowest BCUT2D eigenvalue weighted by Gasteiger charge is -2.34. The minimum Gasteiger partial charge on any atom is -0.338 e. The molecule has 12 heteroatoms. The van der Waals surface area contributed by atoms with Crippen LogP contribution in [0.15, 0.2) is 47.4 Å². The normalized spacial score (nSPS) is 16.0. The highest BCUT2D eigenvalue weighted by atomic mass is 32.2. The van der Waals surface area contributed by atoms with E-state index in [1.165, 1.54) is 27.8 Å². The Labute approximate surface area is 212 Å². The number of carbonyl (C=O) groups is 3. The number of nitrogens with one attached hydrogen (secondary N) is 3. The van der Waals surface area contributed by atoms with E-state index in [9.17, 15) is 22.8 Å². The molecule has 1 aromatic heterocycles. The van der Waals surface area contributed by atoms with E-state index in [2.05, 4.69) is 16.0 Å². The number of hydrogen-bond acceptors (Lipinski definition) is 6. The number of thiophene rings is 1. The molecule has 2 aromatic carbocycles. The maximum atomic E-state index is 13.6. The number of urea groups is 1. The summed E-state index contributed by atoms with van der Waals surface area (Å²) in [5, 5.41) is 9.35. The van der Waals surface area contributed by atoms with Crippen molar-refractivity contribution in [1.29, 1.82) is 0 Å². The van der Waals surface area contributed by atoms with Gasteiger partial charge in [-0.1, -0.05) is 24.3 Å². The number of hydrogen-bond donors (Lipinski definition) is 3. The molecular weight excluding hydrogens is 502 g/mol. The molecule has 1 fully saturated rings. The maximum Gasteiger partial charge on any atom is 0.319 e. The van der Waals surface area contributed by atoms with Crippen LogP contribution in [0.1, 0.15) is 22.8 Å². The van der Waals surface area contributed by atoms with Crippen LogP contribution in [0.3, 0.4) is 0 Å². The number of anilines is 2. The summed E-state index contributed by atoms with van der Waals surface area (Å²) in [6, 6.07) is 11.7. The van der Waals surface area contributed by atoms with Crippen molar-refractivity contribution in [2.45, 2.75) is 18.2 Å². The summed E-state index contributed by atoms with van der Waals surface area (Å²) >= 11 is 1.33. The Morgan fingerprint density at radius 2 is 1.83 bits per heavy atom. The zero-order chi connectivity index (χ0) is 25.4. The van der Waals surface area contributed by atoms with Crippen molar-refractivity contribution in [3.63, 3.8) is 0 Å². The largest absolute Gasteiger partial charge is 0.338 e. The molecule has 4 amide bonds. The van der Waals surface area contributed by atoms with Gasteiger partial charge in [0.2, 0.25) is 15.9 Å². The number of benzene rings is 2. The molecule has 1 saturated heterocycles. The number of sulfonamides is 1. The summed E-state index contributed by atoms with van der Waals surface area (Å²) in [5.74, 6) is -0.412. The van der Waals surface area contributed by atoms with Crippen molar-refractivity contribution in [3.8, 4) is 0 Å². The third-order valence-electron chi connectivity index (χ3n) is 6.24. The second kappa shape index (κ2) is 9.52. The van der Waals surface area contributed by atoms with Gasteiger partial charge in [0, 0.05) is 48.5 Å². The number of piperazine rings is 1. The minimum absolute atomic E-state index is 0.112. The number of carbonyl (C=O) groups excluding carboxylic acids is 3. The first-order chi connectivity index (χ1) is 17.3. The van der Waals surface area contributed by atoms with E-state index in [0.29, 0.717) is 22.8 Å². The van der Waals surface area contributed by atoms with Gasteiger partial charge in [0.1, 0.15) is 5.00 Å². The Morgan fingerprint density at radius 1 is 1.08 bits per heavy atom. The maximum absolute atomic E-state index is 13.6. The van der Waals surface area contributed by atoms with Gasteiger partial charge in [-0.3, -0.25) is 14.9 Å². The van der Waals surface area contributed by atoms with Crippen LogP contribution in [0.2, 0.25) is 0 Å². The molecule has 0 atom stereocenters. The molecule has 36 heavy (non-hydrogen) atoms. The second-order valence-corrected chi connectivity index (χ2v) is 11.5. The van der Waals surface area contributed by atoms with Gasteiger partial charge in [0.25, 0.3) is 5.91 Å². The van der Waals surface area contributed by atoms with Crippen LogP contribution in [0.5, 0.6) is 0 Å². The number of amides is 4. The van der Waals surface area contributed by atoms with Gasteiger partial charge in [0.15, 0.2) is 0 Å². The van der Waals surface area contributed by atoms with Gasteiger partial charge >= 0.3 is 6.03 Å². The van der Waals surface area contributed by atoms with E-state index >= 15 is 0 Å². The Kier molecular flexibility index (Phi) is 6.41. The predicted octanol–water partition coefficient (Wildman–Crippen LogP) is 2.68. The predicted molar refractivity (Wildman–Crippen MR) is 138 cm³/mol. The molecule has 2 aliphatic heterocycles. The van der Waals surface area contributed by atoms with Crippen LogP contribution in [0.25, 0.3) is 10.1 Å². The molecule has 3 N–H and O–H groups in total. The molecule has 10 nitrogen and oxygen atoms in total. The highest BCUT2D eigenvalue weighted by Crippen LogP contribution is 2.37. The summed E-state index contributed by atoms with van der Waals surface area (Å²) in [6.45, 7) is 2.96. The molecule has 0 saturated carbocycles. The molecular formula is C24H25N5O5S2. The van der Waals surface area contributed by atoms with E-state index in [4.69, 9.17) is 0 Å². The first kappa shape index (κ1) is 24.2. The zero-order valence-electron chi connectivity index (χ0n) is 19.5. The van der Waals surface area contributed by atoms with Gasteiger partial charge in [-0.15, -0.1) is 11.3 Å². The van der Waals surface area contributed by atoms with Crippen LogP contribution in [0, 0.1) is 0 Å². The average molecular weight is 528 g/mol. The van der Waals surface area contributed by atoms with E-state index in [1.54, 1.807) is 11.0 Å². The van der Waals surface area contributed by atoms with E-state index < -0.39 is 10.0 Å². The van der Waals surface area contributed by atoms with Gasteiger partial charge in [-0.05, 0) is 30.7 Å². The summed E-state index contributed by atoms with van der Waals surface area (Å²) in [6.07, 6.45) is 0.241. The van der Waals surface area contributed by atoms with Gasteiger partial charge in [-0.2, -0.15) is 4.31 Å². The highest BCUT2D eigenvalue weighted by molar-refractivity contribution is 7.89. The molecule has 0 bridgehead atoms. The summed E-state index contributed by atoms with van der Waals surface area (Å²) < 4.78 is 28.7. The molecule has 2 aliphatic rings.